The van der Waals surface area contributed by atoms with E-state index in [1.165, 1.54) is 6.07 Å². The molecule has 0 aliphatic heterocycles. The van der Waals surface area contributed by atoms with Crippen molar-refractivity contribution in [1.82, 2.24) is 9.97 Å². The molecule has 22 heavy (non-hydrogen) atoms. The standard InChI is InChI=1S/C15H17F3N4/c1-9-13(20-7-6-19)10(2)22-14(21-9)11-4-3-5-12(8-11)15(16,17)18/h3-5,8,20H,6-7,19H2,1-2H3. The van der Waals surface area contributed by atoms with E-state index in [1.807, 2.05) is 0 Å². The molecule has 0 radical (unpaired) electrons. The molecule has 0 atom stereocenters. The molecule has 1 heterocycles. The lowest BCUT2D eigenvalue weighted by atomic mass is 10.1. The Hall–Kier alpha value is -2.15. The molecule has 118 valence electrons. The Kier molecular flexibility index (Phi) is 4.65. The van der Waals surface area contributed by atoms with E-state index in [-0.39, 0.29) is 5.82 Å². The van der Waals surface area contributed by atoms with Crippen LogP contribution in [0.3, 0.4) is 0 Å². The van der Waals surface area contributed by atoms with Crippen LogP contribution < -0.4 is 11.1 Å². The van der Waals surface area contributed by atoms with Crippen molar-refractivity contribution in [2.24, 2.45) is 5.73 Å². The van der Waals surface area contributed by atoms with Crippen LogP contribution in [0.4, 0.5) is 18.9 Å². The third-order valence-corrected chi connectivity index (χ3v) is 3.17. The van der Waals surface area contributed by atoms with Gasteiger partial charge in [0.2, 0.25) is 0 Å². The molecular weight excluding hydrogens is 293 g/mol. The molecule has 0 fully saturated rings. The molecular formula is C15H17F3N4. The summed E-state index contributed by atoms with van der Waals surface area (Å²) in [5, 5.41) is 3.12. The highest BCUT2D eigenvalue weighted by atomic mass is 19.4. The fourth-order valence-corrected chi connectivity index (χ4v) is 2.13. The molecule has 3 N–H and O–H groups in total. The summed E-state index contributed by atoms with van der Waals surface area (Å²) in [5.74, 6) is 0.277. The maximum Gasteiger partial charge on any atom is 0.416 e. The monoisotopic (exact) mass is 310 g/mol. The van der Waals surface area contributed by atoms with Crippen molar-refractivity contribution in [2.45, 2.75) is 20.0 Å². The summed E-state index contributed by atoms with van der Waals surface area (Å²) >= 11 is 0. The number of halogens is 3. The highest BCUT2D eigenvalue weighted by Crippen LogP contribution is 2.32. The van der Waals surface area contributed by atoms with Crippen LogP contribution in [0.2, 0.25) is 0 Å². The van der Waals surface area contributed by atoms with Gasteiger partial charge in [-0.1, -0.05) is 12.1 Å². The lowest BCUT2D eigenvalue weighted by Gasteiger charge is -2.13. The molecule has 0 unspecified atom stereocenters. The van der Waals surface area contributed by atoms with Crippen LogP contribution in [0.5, 0.6) is 0 Å². The fraction of sp³-hybridized carbons (Fsp3) is 0.333. The van der Waals surface area contributed by atoms with Crippen molar-refractivity contribution in [3.8, 4) is 11.4 Å². The van der Waals surface area contributed by atoms with Gasteiger partial charge in [-0.3, -0.25) is 0 Å². The predicted molar refractivity (Wildman–Crippen MR) is 79.5 cm³/mol. The summed E-state index contributed by atoms with van der Waals surface area (Å²) in [6.07, 6.45) is -4.39. The molecule has 0 saturated heterocycles. The Morgan fingerprint density at radius 1 is 1.14 bits per heavy atom. The van der Waals surface area contributed by atoms with Gasteiger partial charge in [0.25, 0.3) is 0 Å². The van der Waals surface area contributed by atoms with Gasteiger partial charge in [-0.2, -0.15) is 13.2 Å². The zero-order valence-electron chi connectivity index (χ0n) is 12.3. The maximum absolute atomic E-state index is 12.8. The Balaban J connectivity index is 2.42. The first-order valence-electron chi connectivity index (χ1n) is 6.79. The van der Waals surface area contributed by atoms with Gasteiger partial charge >= 0.3 is 6.18 Å². The number of alkyl halides is 3. The normalized spacial score (nSPS) is 11.5. The van der Waals surface area contributed by atoms with Crippen molar-refractivity contribution in [3.05, 3.63) is 41.2 Å². The topological polar surface area (TPSA) is 63.8 Å². The molecule has 1 aromatic heterocycles. The lowest BCUT2D eigenvalue weighted by molar-refractivity contribution is -0.137. The summed E-state index contributed by atoms with van der Waals surface area (Å²) in [6, 6.07) is 5.00. The van der Waals surface area contributed by atoms with Crippen LogP contribution >= 0.6 is 0 Å². The first kappa shape index (κ1) is 16.2. The number of nitrogens with zero attached hydrogens (tertiary/aromatic N) is 2. The summed E-state index contributed by atoms with van der Waals surface area (Å²) in [7, 11) is 0. The molecule has 0 bridgehead atoms. The molecule has 0 aliphatic rings. The highest BCUT2D eigenvalue weighted by Gasteiger charge is 2.30. The van der Waals surface area contributed by atoms with Crippen molar-refractivity contribution in [3.63, 3.8) is 0 Å². The fourth-order valence-electron chi connectivity index (χ4n) is 2.13. The Morgan fingerprint density at radius 2 is 1.77 bits per heavy atom. The van der Waals surface area contributed by atoms with E-state index in [1.54, 1.807) is 19.9 Å². The van der Waals surface area contributed by atoms with Crippen LogP contribution in [0.25, 0.3) is 11.4 Å². The van der Waals surface area contributed by atoms with Gasteiger partial charge < -0.3 is 11.1 Å². The van der Waals surface area contributed by atoms with Crippen LogP contribution in [0.1, 0.15) is 17.0 Å². The first-order valence-corrected chi connectivity index (χ1v) is 6.79. The number of hydrogen-bond donors (Lipinski definition) is 2. The Labute approximate surface area is 126 Å². The minimum absolute atomic E-state index is 0.277. The van der Waals surface area contributed by atoms with Crippen molar-refractivity contribution >= 4 is 5.69 Å². The van der Waals surface area contributed by atoms with Crippen LogP contribution in [0, 0.1) is 13.8 Å². The van der Waals surface area contributed by atoms with Crippen molar-refractivity contribution < 1.29 is 13.2 Å². The number of anilines is 1. The minimum atomic E-state index is -4.39. The largest absolute Gasteiger partial charge is 0.416 e. The summed E-state index contributed by atoms with van der Waals surface area (Å²) < 4.78 is 38.3. The smallest absolute Gasteiger partial charge is 0.381 e. The van der Waals surface area contributed by atoms with Crippen LogP contribution in [0.15, 0.2) is 24.3 Å². The minimum Gasteiger partial charge on any atom is -0.381 e. The predicted octanol–water partition coefficient (Wildman–Crippen LogP) is 3.15. The number of hydrogen-bond acceptors (Lipinski definition) is 4. The maximum atomic E-state index is 12.8. The quantitative estimate of drug-likeness (QED) is 0.910. The molecule has 1 aromatic carbocycles. The van der Waals surface area contributed by atoms with E-state index in [0.29, 0.717) is 30.0 Å². The van der Waals surface area contributed by atoms with E-state index in [0.717, 1.165) is 17.8 Å². The molecule has 2 aromatic rings. The molecule has 0 spiro atoms. The molecule has 2 rings (SSSR count). The van der Waals surface area contributed by atoms with Gasteiger partial charge in [0.1, 0.15) is 0 Å². The molecule has 7 heteroatoms. The van der Waals surface area contributed by atoms with E-state index >= 15 is 0 Å². The molecule has 4 nitrogen and oxygen atoms in total. The van der Waals surface area contributed by atoms with Crippen LogP contribution in [-0.2, 0) is 6.18 Å². The van der Waals surface area contributed by atoms with Gasteiger partial charge in [-0.05, 0) is 26.0 Å². The van der Waals surface area contributed by atoms with E-state index in [9.17, 15) is 13.2 Å². The van der Waals surface area contributed by atoms with Gasteiger partial charge in [0.05, 0.1) is 22.6 Å². The third kappa shape index (κ3) is 3.54. The number of aryl methyl sites for hydroxylation is 2. The van der Waals surface area contributed by atoms with E-state index in [2.05, 4.69) is 15.3 Å². The SMILES string of the molecule is Cc1nc(-c2cccc(C(F)(F)F)c2)nc(C)c1NCCN. The van der Waals surface area contributed by atoms with E-state index in [4.69, 9.17) is 5.73 Å². The number of nitrogens with two attached hydrogens (primary N) is 1. The third-order valence-electron chi connectivity index (χ3n) is 3.17. The second-order valence-corrected chi connectivity index (χ2v) is 4.89. The first-order chi connectivity index (χ1) is 10.3. The number of nitrogens with one attached hydrogen (secondary N) is 1. The average molecular weight is 310 g/mol. The number of benzene rings is 1. The summed E-state index contributed by atoms with van der Waals surface area (Å²) in [4.78, 5) is 8.60. The van der Waals surface area contributed by atoms with Crippen LogP contribution in [-0.4, -0.2) is 23.1 Å². The summed E-state index contributed by atoms with van der Waals surface area (Å²) in [6.45, 7) is 4.61. The van der Waals surface area contributed by atoms with Gasteiger partial charge in [0.15, 0.2) is 5.82 Å². The molecule has 0 aliphatic carbocycles. The second kappa shape index (κ2) is 6.31. The molecule has 0 amide bonds. The lowest BCUT2D eigenvalue weighted by Crippen LogP contribution is -2.15. The van der Waals surface area contributed by atoms with Crippen molar-refractivity contribution in [1.29, 1.82) is 0 Å². The number of rotatable bonds is 4. The van der Waals surface area contributed by atoms with Gasteiger partial charge in [-0.25, -0.2) is 9.97 Å². The summed E-state index contributed by atoms with van der Waals surface area (Å²) in [5.41, 5.74) is 7.18. The zero-order chi connectivity index (χ0) is 16.3. The highest BCUT2D eigenvalue weighted by molar-refractivity contribution is 5.61. The average Bonchev–Trinajstić information content (AvgIpc) is 2.45. The second-order valence-electron chi connectivity index (χ2n) is 4.89. The molecule has 0 saturated carbocycles. The Bertz CT molecular complexity index is 645. The van der Waals surface area contributed by atoms with Crippen molar-refractivity contribution in [2.75, 3.05) is 18.4 Å². The Morgan fingerprint density at radius 3 is 2.32 bits per heavy atom. The number of aromatic nitrogens is 2. The van der Waals surface area contributed by atoms with Gasteiger partial charge in [-0.15, -0.1) is 0 Å². The van der Waals surface area contributed by atoms with Gasteiger partial charge in [0, 0.05) is 18.7 Å². The van der Waals surface area contributed by atoms with E-state index < -0.39 is 11.7 Å². The zero-order valence-corrected chi connectivity index (χ0v) is 12.3.